The van der Waals surface area contributed by atoms with Crippen LogP contribution in [0.15, 0.2) is 30.9 Å². The van der Waals surface area contributed by atoms with Crippen LogP contribution in [0.25, 0.3) is 5.95 Å². The zero-order valence-corrected chi connectivity index (χ0v) is 16.8. The van der Waals surface area contributed by atoms with Gasteiger partial charge in [-0.1, -0.05) is 0 Å². The van der Waals surface area contributed by atoms with Gasteiger partial charge in [0.15, 0.2) is 11.5 Å². The summed E-state index contributed by atoms with van der Waals surface area (Å²) in [4.78, 5) is 25.1. The lowest BCUT2D eigenvalue weighted by Gasteiger charge is -2.15. The molecule has 10 heteroatoms. The van der Waals surface area contributed by atoms with Gasteiger partial charge in [0.2, 0.25) is 11.7 Å². The van der Waals surface area contributed by atoms with Crippen molar-refractivity contribution in [3.05, 3.63) is 42.2 Å². The molecule has 0 unspecified atom stereocenters. The van der Waals surface area contributed by atoms with Gasteiger partial charge in [0.05, 0.1) is 50.8 Å². The van der Waals surface area contributed by atoms with Crippen molar-refractivity contribution < 1.29 is 19.0 Å². The molecule has 0 radical (unpaired) electrons. The molecule has 0 fully saturated rings. The number of hydrogen-bond acceptors (Lipinski definition) is 7. The highest BCUT2D eigenvalue weighted by atomic mass is 16.5. The Labute approximate surface area is 167 Å². The van der Waals surface area contributed by atoms with Crippen LogP contribution >= 0.6 is 0 Å². The number of aryl methyl sites for hydroxylation is 1. The van der Waals surface area contributed by atoms with Crippen molar-refractivity contribution in [3.8, 4) is 23.2 Å². The van der Waals surface area contributed by atoms with E-state index >= 15 is 0 Å². The lowest BCUT2D eigenvalue weighted by molar-refractivity contribution is 0.262. The van der Waals surface area contributed by atoms with Crippen LogP contribution < -0.4 is 24.8 Å². The van der Waals surface area contributed by atoms with E-state index in [0.717, 1.165) is 11.4 Å². The molecule has 0 atom stereocenters. The van der Waals surface area contributed by atoms with E-state index in [1.807, 2.05) is 13.8 Å². The van der Waals surface area contributed by atoms with Crippen LogP contribution in [0.4, 0.5) is 16.2 Å². The van der Waals surface area contributed by atoms with Crippen molar-refractivity contribution >= 4 is 17.4 Å². The summed E-state index contributed by atoms with van der Waals surface area (Å²) < 4.78 is 17.6. The monoisotopic (exact) mass is 398 g/mol. The molecule has 0 spiro atoms. The number of carbonyl (C=O) groups excluding carboxylic acids is 1. The van der Waals surface area contributed by atoms with Gasteiger partial charge in [0.25, 0.3) is 0 Å². The highest BCUT2D eigenvalue weighted by molar-refractivity contribution is 6.00. The van der Waals surface area contributed by atoms with Crippen LogP contribution in [-0.4, -0.2) is 46.9 Å². The first-order chi connectivity index (χ1) is 14.0. The number of methoxy groups -OCH3 is 3. The number of anilines is 2. The number of nitrogens with one attached hydrogen (secondary N) is 2. The largest absolute Gasteiger partial charge is 0.493 e. The van der Waals surface area contributed by atoms with Crippen molar-refractivity contribution in [3.63, 3.8) is 0 Å². The maximum absolute atomic E-state index is 12.3. The second-order valence-corrected chi connectivity index (χ2v) is 6.05. The van der Waals surface area contributed by atoms with E-state index in [2.05, 4.69) is 25.6 Å². The summed E-state index contributed by atoms with van der Waals surface area (Å²) in [6.45, 7) is 3.85. The van der Waals surface area contributed by atoms with Crippen molar-refractivity contribution in [2.24, 2.45) is 0 Å². The van der Waals surface area contributed by atoms with Crippen molar-refractivity contribution in [2.75, 3.05) is 32.0 Å². The number of aromatic nitrogens is 4. The van der Waals surface area contributed by atoms with Gasteiger partial charge in [0, 0.05) is 17.8 Å². The normalized spacial score (nSPS) is 10.4. The van der Waals surface area contributed by atoms with E-state index in [-0.39, 0.29) is 0 Å². The van der Waals surface area contributed by atoms with Gasteiger partial charge in [-0.15, -0.1) is 0 Å². The topological polar surface area (TPSA) is 112 Å². The second-order valence-electron chi connectivity index (χ2n) is 6.05. The minimum Gasteiger partial charge on any atom is -0.493 e. The van der Waals surface area contributed by atoms with E-state index in [9.17, 15) is 4.79 Å². The molecular weight excluding hydrogens is 376 g/mol. The Balaban J connectivity index is 1.72. The molecule has 10 nitrogen and oxygen atoms in total. The van der Waals surface area contributed by atoms with Gasteiger partial charge in [-0.05, 0) is 13.8 Å². The highest BCUT2D eigenvalue weighted by Crippen LogP contribution is 2.39. The number of nitrogens with zero attached hydrogens (tertiary/aromatic N) is 4. The standard InChI is InChI=1S/C19H22N6O4/c1-11-12(2)25(10-22-11)18-20-8-14(9-21-18)24-19(26)23-13-6-15(27-3)17(29-5)16(7-13)28-4/h6-10H,1-5H3,(H2,23,24,26). The number of amides is 2. The van der Waals surface area contributed by atoms with E-state index in [1.54, 1.807) is 23.0 Å². The number of rotatable bonds is 6. The van der Waals surface area contributed by atoms with Gasteiger partial charge >= 0.3 is 6.03 Å². The Morgan fingerprint density at radius 3 is 1.97 bits per heavy atom. The average molecular weight is 398 g/mol. The fourth-order valence-corrected chi connectivity index (χ4v) is 2.66. The molecule has 0 saturated carbocycles. The van der Waals surface area contributed by atoms with Crippen LogP contribution in [0.1, 0.15) is 11.4 Å². The summed E-state index contributed by atoms with van der Waals surface area (Å²) in [6, 6.07) is 2.79. The first-order valence-corrected chi connectivity index (χ1v) is 8.67. The molecule has 2 amide bonds. The molecule has 0 bridgehead atoms. The van der Waals surface area contributed by atoms with Gasteiger partial charge in [-0.25, -0.2) is 19.7 Å². The third-order valence-corrected chi connectivity index (χ3v) is 4.29. The Morgan fingerprint density at radius 1 is 0.897 bits per heavy atom. The molecule has 0 aliphatic heterocycles. The fraction of sp³-hybridized carbons (Fsp3) is 0.263. The summed E-state index contributed by atoms with van der Waals surface area (Å²) in [7, 11) is 4.52. The first-order valence-electron chi connectivity index (χ1n) is 8.67. The number of benzene rings is 1. The van der Waals surface area contributed by atoms with E-state index < -0.39 is 6.03 Å². The summed E-state index contributed by atoms with van der Waals surface area (Å²) in [6.07, 6.45) is 4.70. The van der Waals surface area contributed by atoms with E-state index in [1.165, 1.54) is 33.7 Å². The molecule has 2 heterocycles. The minimum atomic E-state index is -0.467. The molecule has 152 valence electrons. The van der Waals surface area contributed by atoms with Crippen molar-refractivity contribution in [1.82, 2.24) is 19.5 Å². The molecule has 29 heavy (non-hydrogen) atoms. The molecule has 0 aliphatic carbocycles. The van der Waals surface area contributed by atoms with Crippen LogP contribution in [0, 0.1) is 13.8 Å². The Kier molecular flexibility index (Phi) is 5.82. The molecule has 0 saturated heterocycles. The zero-order chi connectivity index (χ0) is 21.0. The Hall–Kier alpha value is -3.82. The highest BCUT2D eigenvalue weighted by Gasteiger charge is 2.15. The van der Waals surface area contributed by atoms with Gasteiger partial charge in [-0.3, -0.25) is 4.57 Å². The fourth-order valence-electron chi connectivity index (χ4n) is 2.66. The summed E-state index contributed by atoms with van der Waals surface area (Å²) >= 11 is 0. The van der Waals surface area contributed by atoms with Gasteiger partial charge < -0.3 is 24.8 Å². The predicted molar refractivity (Wildman–Crippen MR) is 107 cm³/mol. The van der Waals surface area contributed by atoms with Crippen molar-refractivity contribution in [2.45, 2.75) is 13.8 Å². The van der Waals surface area contributed by atoms with Crippen molar-refractivity contribution in [1.29, 1.82) is 0 Å². The molecule has 3 aromatic rings. The maximum Gasteiger partial charge on any atom is 0.323 e. The number of hydrogen-bond donors (Lipinski definition) is 2. The third kappa shape index (κ3) is 4.21. The average Bonchev–Trinajstić information content (AvgIpc) is 3.06. The zero-order valence-electron chi connectivity index (χ0n) is 16.8. The minimum absolute atomic E-state index is 0.431. The summed E-state index contributed by atoms with van der Waals surface area (Å²) in [5.74, 6) is 1.77. The first kappa shape index (κ1) is 19.9. The second kappa shape index (κ2) is 8.46. The maximum atomic E-state index is 12.3. The molecule has 1 aromatic carbocycles. The van der Waals surface area contributed by atoms with E-state index in [4.69, 9.17) is 14.2 Å². The third-order valence-electron chi connectivity index (χ3n) is 4.29. The molecule has 2 aromatic heterocycles. The summed E-state index contributed by atoms with van der Waals surface area (Å²) in [5, 5.41) is 5.39. The lowest BCUT2D eigenvalue weighted by atomic mass is 10.2. The van der Waals surface area contributed by atoms with Gasteiger partial charge in [0.1, 0.15) is 6.33 Å². The quantitative estimate of drug-likeness (QED) is 0.656. The lowest BCUT2D eigenvalue weighted by Crippen LogP contribution is -2.20. The Bertz CT molecular complexity index is 991. The number of urea groups is 1. The van der Waals surface area contributed by atoms with Crippen LogP contribution in [0.2, 0.25) is 0 Å². The molecular formula is C19H22N6O4. The predicted octanol–water partition coefficient (Wildman–Crippen LogP) is 2.95. The molecule has 0 aliphatic rings. The van der Waals surface area contributed by atoms with Crippen LogP contribution in [0.5, 0.6) is 17.2 Å². The van der Waals surface area contributed by atoms with Gasteiger partial charge in [-0.2, -0.15) is 0 Å². The number of carbonyl (C=O) groups is 1. The Morgan fingerprint density at radius 2 is 1.48 bits per heavy atom. The van der Waals surface area contributed by atoms with Crippen LogP contribution in [-0.2, 0) is 0 Å². The number of ether oxygens (including phenoxy) is 3. The molecule has 3 rings (SSSR count). The molecule has 2 N–H and O–H groups in total. The van der Waals surface area contributed by atoms with Crippen LogP contribution in [0.3, 0.4) is 0 Å². The smallest absolute Gasteiger partial charge is 0.323 e. The number of imidazole rings is 1. The van der Waals surface area contributed by atoms with E-state index in [0.29, 0.717) is 34.6 Å². The SMILES string of the molecule is COc1cc(NC(=O)Nc2cnc(-n3cnc(C)c3C)nc2)cc(OC)c1OC. The summed E-state index contributed by atoms with van der Waals surface area (Å²) in [5.41, 5.74) is 2.76.